The molecule has 1 aliphatic heterocycles. The second-order valence-electron chi connectivity index (χ2n) is 6.76. The van der Waals surface area contributed by atoms with Crippen LogP contribution in [0.3, 0.4) is 0 Å². The standard InChI is InChI=1S/C18H21ClN6OS/c1-12(2)16-20-15(23-26-16)11-27-18-22-21-17(24-9-5-6-10-24)25(18)14-8-4-3-7-13(14)19/h3-4,7-8,12H,5-6,9-11H2,1-2H3. The number of halogens is 1. The maximum atomic E-state index is 6.48. The van der Waals surface area contributed by atoms with E-state index in [0.717, 1.165) is 29.9 Å². The Labute approximate surface area is 167 Å². The van der Waals surface area contributed by atoms with Crippen LogP contribution < -0.4 is 4.90 Å². The van der Waals surface area contributed by atoms with Gasteiger partial charge in [-0.2, -0.15) is 4.98 Å². The first kappa shape index (κ1) is 18.3. The lowest BCUT2D eigenvalue weighted by atomic mass is 10.2. The van der Waals surface area contributed by atoms with Crippen LogP contribution in [-0.4, -0.2) is 38.0 Å². The summed E-state index contributed by atoms with van der Waals surface area (Å²) in [6, 6.07) is 7.76. The van der Waals surface area contributed by atoms with Crippen LogP contribution >= 0.6 is 23.4 Å². The molecule has 0 amide bonds. The van der Waals surface area contributed by atoms with Crippen LogP contribution in [-0.2, 0) is 5.75 Å². The van der Waals surface area contributed by atoms with Gasteiger partial charge in [0, 0.05) is 19.0 Å². The van der Waals surface area contributed by atoms with Gasteiger partial charge in [-0.1, -0.05) is 54.5 Å². The summed E-state index contributed by atoms with van der Waals surface area (Å²) < 4.78 is 7.32. The molecule has 3 aromatic rings. The van der Waals surface area contributed by atoms with E-state index in [1.54, 1.807) is 0 Å². The number of nitrogens with zero attached hydrogens (tertiary/aromatic N) is 6. The third kappa shape index (κ3) is 3.82. The van der Waals surface area contributed by atoms with Crippen LogP contribution in [0.2, 0.25) is 5.02 Å². The molecule has 1 fully saturated rings. The number of aromatic nitrogens is 5. The molecule has 0 bridgehead atoms. The molecule has 1 saturated heterocycles. The van der Waals surface area contributed by atoms with Crippen LogP contribution in [0.1, 0.15) is 44.3 Å². The molecule has 9 heteroatoms. The summed E-state index contributed by atoms with van der Waals surface area (Å²) in [7, 11) is 0. The van der Waals surface area contributed by atoms with Crippen molar-refractivity contribution in [1.82, 2.24) is 24.9 Å². The highest BCUT2D eigenvalue weighted by atomic mass is 35.5. The van der Waals surface area contributed by atoms with Crippen molar-refractivity contribution in [2.45, 2.75) is 43.5 Å². The van der Waals surface area contributed by atoms with Crippen LogP contribution in [0.25, 0.3) is 5.69 Å². The Kier molecular flexibility index (Phi) is 5.36. The summed E-state index contributed by atoms with van der Waals surface area (Å²) in [4.78, 5) is 6.69. The minimum absolute atomic E-state index is 0.213. The largest absolute Gasteiger partial charge is 0.341 e. The minimum Gasteiger partial charge on any atom is -0.341 e. The smallest absolute Gasteiger partial charge is 0.232 e. The van der Waals surface area contributed by atoms with Gasteiger partial charge in [-0.3, -0.25) is 4.57 Å². The zero-order valence-corrected chi connectivity index (χ0v) is 16.9. The Bertz CT molecular complexity index is 918. The van der Waals surface area contributed by atoms with Gasteiger partial charge in [0.15, 0.2) is 11.0 Å². The maximum absolute atomic E-state index is 6.48. The van der Waals surface area contributed by atoms with Gasteiger partial charge in [0.25, 0.3) is 0 Å². The Balaban J connectivity index is 1.64. The normalized spacial score (nSPS) is 14.4. The molecule has 0 aliphatic carbocycles. The number of benzene rings is 1. The monoisotopic (exact) mass is 404 g/mol. The average Bonchev–Trinajstić information content (AvgIpc) is 3.40. The van der Waals surface area contributed by atoms with E-state index < -0.39 is 0 Å². The first-order valence-corrected chi connectivity index (χ1v) is 10.4. The lowest BCUT2D eigenvalue weighted by molar-refractivity contribution is 0.362. The highest BCUT2D eigenvalue weighted by Crippen LogP contribution is 2.32. The van der Waals surface area contributed by atoms with Gasteiger partial charge in [-0.15, -0.1) is 10.2 Å². The van der Waals surface area contributed by atoms with E-state index in [0.29, 0.717) is 22.5 Å². The summed E-state index contributed by atoms with van der Waals surface area (Å²) in [6.45, 7) is 6.02. The molecule has 4 rings (SSSR count). The van der Waals surface area contributed by atoms with Gasteiger partial charge < -0.3 is 9.42 Å². The molecule has 1 aliphatic rings. The zero-order chi connectivity index (χ0) is 18.8. The minimum atomic E-state index is 0.213. The number of anilines is 1. The molecule has 0 spiro atoms. The lowest BCUT2D eigenvalue weighted by Gasteiger charge is -2.18. The molecule has 7 nitrogen and oxygen atoms in total. The van der Waals surface area contributed by atoms with Crippen LogP contribution in [0.4, 0.5) is 5.95 Å². The number of hydrogen-bond acceptors (Lipinski definition) is 7. The third-order valence-corrected chi connectivity index (χ3v) is 5.65. The van der Waals surface area contributed by atoms with Crippen LogP contribution in [0, 0.1) is 0 Å². The quantitative estimate of drug-likeness (QED) is 0.566. The Hall–Kier alpha value is -2.06. The second-order valence-corrected chi connectivity index (χ2v) is 8.11. The molecular formula is C18H21ClN6OS. The van der Waals surface area contributed by atoms with Crippen molar-refractivity contribution in [3.05, 3.63) is 41.0 Å². The molecule has 1 aromatic carbocycles. The number of para-hydroxylation sites is 1. The Morgan fingerprint density at radius 2 is 1.96 bits per heavy atom. The fourth-order valence-corrected chi connectivity index (χ4v) is 4.01. The van der Waals surface area contributed by atoms with Gasteiger partial charge in [0.1, 0.15) is 0 Å². The van der Waals surface area contributed by atoms with E-state index in [1.165, 1.54) is 24.6 Å². The predicted molar refractivity (Wildman–Crippen MR) is 106 cm³/mol. The van der Waals surface area contributed by atoms with E-state index in [1.807, 2.05) is 42.7 Å². The van der Waals surface area contributed by atoms with Gasteiger partial charge in [0.2, 0.25) is 11.8 Å². The van der Waals surface area contributed by atoms with Crippen LogP contribution in [0.15, 0.2) is 33.9 Å². The predicted octanol–water partition coefficient (Wildman–Crippen LogP) is 4.32. The Morgan fingerprint density at radius 1 is 1.19 bits per heavy atom. The molecule has 0 saturated carbocycles. The topological polar surface area (TPSA) is 72.9 Å². The first-order valence-electron chi connectivity index (χ1n) is 9.04. The van der Waals surface area contributed by atoms with Crippen molar-refractivity contribution >= 4 is 29.3 Å². The van der Waals surface area contributed by atoms with Crippen molar-refractivity contribution in [2.24, 2.45) is 0 Å². The summed E-state index contributed by atoms with van der Waals surface area (Å²) in [5, 5.41) is 14.4. The zero-order valence-electron chi connectivity index (χ0n) is 15.3. The van der Waals surface area contributed by atoms with E-state index >= 15 is 0 Å². The van der Waals surface area contributed by atoms with Gasteiger partial charge >= 0.3 is 0 Å². The van der Waals surface area contributed by atoms with E-state index in [-0.39, 0.29) is 5.92 Å². The molecule has 0 radical (unpaired) electrons. The summed E-state index contributed by atoms with van der Waals surface area (Å²) >= 11 is 8.01. The third-order valence-electron chi connectivity index (χ3n) is 4.41. The van der Waals surface area contributed by atoms with Gasteiger partial charge in [0.05, 0.1) is 16.5 Å². The fourth-order valence-electron chi connectivity index (χ4n) is 3.01. The first-order chi connectivity index (χ1) is 13.1. The molecule has 2 aromatic heterocycles. The van der Waals surface area contributed by atoms with E-state index in [2.05, 4.69) is 25.2 Å². The SMILES string of the molecule is CC(C)c1nc(CSc2nnc(N3CCCC3)n2-c2ccccc2Cl)no1. The van der Waals surface area contributed by atoms with Gasteiger partial charge in [-0.25, -0.2) is 0 Å². The molecule has 27 heavy (non-hydrogen) atoms. The molecule has 0 N–H and O–H groups in total. The maximum Gasteiger partial charge on any atom is 0.232 e. The molecule has 0 unspecified atom stereocenters. The van der Waals surface area contributed by atoms with Crippen molar-refractivity contribution in [3.63, 3.8) is 0 Å². The molecule has 3 heterocycles. The van der Waals surface area contributed by atoms with Crippen molar-refractivity contribution in [2.75, 3.05) is 18.0 Å². The van der Waals surface area contributed by atoms with Crippen LogP contribution in [0.5, 0.6) is 0 Å². The van der Waals surface area contributed by atoms with Crippen molar-refractivity contribution < 1.29 is 4.52 Å². The number of thioether (sulfide) groups is 1. The lowest BCUT2D eigenvalue weighted by Crippen LogP contribution is -2.22. The highest BCUT2D eigenvalue weighted by Gasteiger charge is 2.24. The van der Waals surface area contributed by atoms with Crippen molar-refractivity contribution in [3.8, 4) is 5.69 Å². The number of hydrogen-bond donors (Lipinski definition) is 0. The molecule has 0 atom stereocenters. The highest BCUT2D eigenvalue weighted by molar-refractivity contribution is 7.98. The summed E-state index contributed by atoms with van der Waals surface area (Å²) in [6.07, 6.45) is 2.33. The van der Waals surface area contributed by atoms with E-state index in [9.17, 15) is 0 Å². The van der Waals surface area contributed by atoms with Gasteiger partial charge in [-0.05, 0) is 25.0 Å². The summed E-state index contributed by atoms with van der Waals surface area (Å²) in [5.74, 6) is 2.90. The second kappa shape index (κ2) is 7.90. The molecule has 142 valence electrons. The average molecular weight is 405 g/mol. The molecular weight excluding hydrogens is 384 g/mol. The number of rotatable bonds is 6. The fraction of sp³-hybridized carbons (Fsp3) is 0.444. The Morgan fingerprint density at radius 3 is 2.67 bits per heavy atom. The van der Waals surface area contributed by atoms with E-state index in [4.69, 9.17) is 16.1 Å². The van der Waals surface area contributed by atoms with Crippen molar-refractivity contribution in [1.29, 1.82) is 0 Å². The summed E-state index contributed by atoms with van der Waals surface area (Å²) in [5.41, 5.74) is 0.879.